The zero-order valence-electron chi connectivity index (χ0n) is 10.3. The third kappa shape index (κ3) is 2.23. The Labute approximate surface area is 121 Å². The standard InChI is InChI=1S/C12H8N4O2S2/c1-6-8-10(19-7-3-2-4-15-16-7)13-5-14-11(8)20-9(6)12(17)18/h2-5H,1H3,(H,17,18). The van der Waals surface area contributed by atoms with Crippen LogP contribution in [0.4, 0.5) is 0 Å². The topological polar surface area (TPSA) is 88.9 Å². The molecule has 0 unspecified atom stereocenters. The smallest absolute Gasteiger partial charge is 0.346 e. The van der Waals surface area contributed by atoms with Crippen molar-refractivity contribution in [1.82, 2.24) is 20.2 Å². The minimum Gasteiger partial charge on any atom is -0.477 e. The van der Waals surface area contributed by atoms with Crippen molar-refractivity contribution in [1.29, 1.82) is 0 Å². The van der Waals surface area contributed by atoms with Gasteiger partial charge >= 0.3 is 5.97 Å². The Bertz CT molecular complexity index is 789. The summed E-state index contributed by atoms with van der Waals surface area (Å²) in [6.07, 6.45) is 3.03. The van der Waals surface area contributed by atoms with Gasteiger partial charge in [-0.25, -0.2) is 14.8 Å². The quantitative estimate of drug-likeness (QED) is 0.744. The summed E-state index contributed by atoms with van der Waals surface area (Å²) in [5, 5.41) is 19.1. The van der Waals surface area contributed by atoms with Gasteiger partial charge in [0.25, 0.3) is 0 Å². The minimum absolute atomic E-state index is 0.293. The van der Waals surface area contributed by atoms with E-state index in [1.807, 2.05) is 6.07 Å². The van der Waals surface area contributed by atoms with E-state index in [-0.39, 0.29) is 0 Å². The van der Waals surface area contributed by atoms with Crippen molar-refractivity contribution in [3.8, 4) is 0 Å². The molecule has 1 N–H and O–H groups in total. The highest BCUT2D eigenvalue weighted by Gasteiger charge is 2.19. The van der Waals surface area contributed by atoms with Crippen LogP contribution in [-0.2, 0) is 0 Å². The van der Waals surface area contributed by atoms with E-state index in [0.29, 0.717) is 25.3 Å². The predicted octanol–water partition coefficient (Wildman–Crippen LogP) is 2.64. The zero-order chi connectivity index (χ0) is 14.1. The minimum atomic E-state index is -0.944. The highest BCUT2D eigenvalue weighted by Crippen LogP contribution is 2.36. The van der Waals surface area contributed by atoms with Gasteiger partial charge < -0.3 is 5.11 Å². The average molecular weight is 304 g/mol. The molecule has 0 saturated carbocycles. The number of aryl methyl sites for hydroxylation is 1. The summed E-state index contributed by atoms with van der Waals surface area (Å²) in [5.41, 5.74) is 0.685. The molecule has 8 heteroatoms. The van der Waals surface area contributed by atoms with Gasteiger partial charge in [0.15, 0.2) is 0 Å². The first-order chi connectivity index (χ1) is 9.66. The monoisotopic (exact) mass is 304 g/mol. The molecule has 100 valence electrons. The molecular weight excluding hydrogens is 296 g/mol. The van der Waals surface area contributed by atoms with Crippen LogP contribution in [0, 0.1) is 6.92 Å². The van der Waals surface area contributed by atoms with Crippen molar-refractivity contribution in [3.63, 3.8) is 0 Å². The molecule has 0 spiro atoms. The van der Waals surface area contributed by atoms with Crippen LogP contribution in [0.3, 0.4) is 0 Å². The molecule has 0 atom stereocenters. The molecule has 0 fully saturated rings. The second-order valence-electron chi connectivity index (χ2n) is 3.88. The van der Waals surface area contributed by atoms with Crippen molar-refractivity contribution in [2.24, 2.45) is 0 Å². The molecule has 0 saturated heterocycles. The van der Waals surface area contributed by atoms with Crippen molar-refractivity contribution in [2.75, 3.05) is 0 Å². The first-order valence-corrected chi connectivity index (χ1v) is 7.23. The van der Waals surface area contributed by atoms with E-state index in [9.17, 15) is 9.90 Å². The van der Waals surface area contributed by atoms with E-state index in [2.05, 4.69) is 20.2 Å². The molecule has 0 radical (unpaired) electrons. The maximum atomic E-state index is 11.2. The van der Waals surface area contributed by atoms with E-state index in [1.165, 1.54) is 18.1 Å². The Kier molecular flexibility index (Phi) is 3.33. The maximum absolute atomic E-state index is 11.2. The molecule has 20 heavy (non-hydrogen) atoms. The zero-order valence-corrected chi connectivity index (χ0v) is 11.9. The summed E-state index contributed by atoms with van der Waals surface area (Å²) in [6.45, 7) is 1.77. The number of nitrogens with zero attached hydrogens (tertiary/aromatic N) is 4. The Morgan fingerprint density at radius 2 is 2.25 bits per heavy atom. The highest BCUT2D eigenvalue weighted by molar-refractivity contribution is 7.99. The van der Waals surface area contributed by atoms with Crippen LogP contribution in [-0.4, -0.2) is 31.2 Å². The number of fused-ring (bicyclic) bond motifs is 1. The van der Waals surface area contributed by atoms with Crippen LogP contribution >= 0.6 is 23.1 Å². The lowest BCUT2D eigenvalue weighted by Crippen LogP contribution is -1.94. The lowest BCUT2D eigenvalue weighted by Gasteiger charge is -2.01. The average Bonchev–Trinajstić information content (AvgIpc) is 2.79. The molecule has 3 heterocycles. The number of rotatable bonds is 3. The van der Waals surface area contributed by atoms with Crippen LogP contribution in [0.1, 0.15) is 15.2 Å². The van der Waals surface area contributed by atoms with Gasteiger partial charge in [-0.05, 0) is 36.4 Å². The first kappa shape index (κ1) is 12.9. The fraction of sp³-hybridized carbons (Fsp3) is 0.0833. The van der Waals surface area contributed by atoms with Gasteiger partial charge in [0.2, 0.25) is 0 Å². The summed E-state index contributed by atoms with van der Waals surface area (Å²) in [7, 11) is 0. The second kappa shape index (κ2) is 5.14. The number of hydrogen-bond acceptors (Lipinski definition) is 7. The SMILES string of the molecule is Cc1c(C(=O)O)sc2ncnc(Sc3cccnn3)c12. The van der Waals surface area contributed by atoms with Crippen LogP contribution in [0.5, 0.6) is 0 Å². The summed E-state index contributed by atoms with van der Waals surface area (Å²) in [4.78, 5) is 20.5. The first-order valence-electron chi connectivity index (χ1n) is 5.59. The van der Waals surface area contributed by atoms with E-state index in [1.54, 1.807) is 19.2 Å². The Morgan fingerprint density at radius 3 is 2.95 bits per heavy atom. The number of aromatic carboxylic acids is 1. The van der Waals surface area contributed by atoms with Crippen LogP contribution in [0.2, 0.25) is 0 Å². The van der Waals surface area contributed by atoms with E-state index < -0.39 is 5.97 Å². The molecule has 0 aliphatic heterocycles. The number of carboxylic acid groups (broad SMARTS) is 1. The van der Waals surface area contributed by atoms with Crippen LogP contribution < -0.4 is 0 Å². The Morgan fingerprint density at radius 1 is 1.40 bits per heavy atom. The lowest BCUT2D eigenvalue weighted by atomic mass is 10.2. The summed E-state index contributed by atoms with van der Waals surface area (Å²) >= 11 is 2.50. The molecule has 3 rings (SSSR count). The molecule has 0 aliphatic rings. The largest absolute Gasteiger partial charge is 0.477 e. The van der Waals surface area contributed by atoms with Gasteiger partial charge in [-0.2, -0.15) is 5.10 Å². The van der Waals surface area contributed by atoms with Crippen LogP contribution in [0.15, 0.2) is 34.7 Å². The number of carbonyl (C=O) groups is 1. The van der Waals surface area contributed by atoms with E-state index in [0.717, 1.165) is 16.7 Å². The third-order valence-electron chi connectivity index (χ3n) is 2.64. The fourth-order valence-electron chi connectivity index (χ4n) is 1.76. The number of thiophene rings is 1. The molecule has 3 aromatic rings. The highest BCUT2D eigenvalue weighted by atomic mass is 32.2. The van der Waals surface area contributed by atoms with Gasteiger partial charge in [-0.15, -0.1) is 16.4 Å². The van der Waals surface area contributed by atoms with Crippen molar-refractivity contribution < 1.29 is 9.90 Å². The fourth-order valence-corrected chi connectivity index (χ4v) is 3.70. The number of carboxylic acids is 1. The molecular formula is C12H8N4O2S2. The molecule has 0 amide bonds. The van der Waals surface area contributed by atoms with Gasteiger partial charge in [-0.3, -0.25) is 0 Å². The Hall–Kier alpha value is -2.06. The number of hydrogen-bond donors (Lipinski definition) is 1. The molecule has 3 aromatic heterocycles. The number of aromatic nitrogens is 4. The summed E-state index contributed by atoms with van der Waals surface area (Å²) in [5.74, 6) is -0.944. The van der Waals surface area contributed by atoms with Crippen molar-refractivity contribution in [2.45, 2.75) is 17.0 Å². The summed E-state index contributed by atoms with van der Waals surface area (Å²) < 4.78 is 0. The van der Waals surface area contributed by atoms with Crippen molar-refractivity contribution >= 4 is 39.3 Å². The molecule has 6 nitrogen and oxygen atoms in total. The Balaban J connectivity index is 2.14. The van der Waals surface area contributed by atoms with Gasteiger partial charge in [0.1, 0.15) is 26.1 Å². The van der Waals surface area contributed by atoms with Gasteiger partial charge in [0, 0.05) is 11.6 Å². The van der Waals surface area contributed by atoms with Crippen LogP contribution in [0.25, 0.3) is 10.2 Å². The second-order valence-corrected chi connectivity index (χ2v) is 5.89. The third-order valence-corrected chi connectivity index (χ3v) is 4.75. The van der Waals surface area contributed by atoms with Gasteiger partial charge in [-0.1, -0.05) is 0 Å². The van der Waals surface area contributed by atoms with E-state index in [4.69, 9.17) is 0 Å². The van der Waals surface area contributed by atoms with Gasteiger partial charge in [0.05, 0.1) is 0 Å². The molecule has 0 aromatic carbocycles. The molecule has 0 aliphatic carbocycles. The maximum Gasteiger partial charge on any atom is 0.346 e. The van der Waals surface area contributed by atoms with E-state index >= 15 is 0 Å². The normalized spacial score (nSPS) is 10.8. The summed E-state index contributed by atoms with van der Waals surface area (Å²) in [6, 6.07) is 3.61. The lowest BCUT2D eigenvalue weighted by molar-refractivity contribution is 0.0701. The predicted molar refractivity (Wildman–Crippen MR) is 75.3 cm³/mol. The van der Waals surface area contributed by atoms with Crippen molar-refractivity contribution in [3.05, 3.63) is 35.1 Å². The molecule has 0 bridgehead atoms.